The first-order valence-electron chi connectivity index (χ1n) is 1.55. The monoisotopic (exact) mass is 196 g/mol. The van der Waals surface area contributed by atoms with Crippen molar-refractivity contribution in [2.45, 2.75) is 0 Å². The number of thiocarbonyl (C=S) groups is 1. The number of hydrogen-bond acceptors (Lipinski definition) is 1. The van der Waals surface area contributed by atoms with Gasteiger partial charge < -0.3 is 4.90 Å². The van der Waals surface area contributed by atoms with Crippen molar-refractivity contribution < 1.29 is 0 Å². The Kier molecular flexibility index (Phi) is 7.57. The Morgan fingerprint density at radius 2 is 1.71 bits per heavy atom. The molecule has 0 saturated carbocycles. The minimum absolute atomic E-state index is 0. The van der Waals surface area contributed by atoms with E-state index in [1.807, 2.05) is 14.1 Å². The van der Waals surface area contributed by atoms with Gasteiger partial charge in [0.2, 0.25) is 0 Å². The van der Waals surface area contributed by atoms with Crippen molar-refractivity contribution in [3.8, 4) is 0 Å². The summed E-state index contributed by atoms with van der Waals surface area (Å²) in [4.78, 5) is 1.76. The van der Waals surface area contributed by atoms with E-state index in [9.17, 15) is 0 Å². The predicted molar refractivity (Wildman–Crippen MR) is 41.0 cm³/mol. The molecule has 3 radical (unpaired) electrons. The molecule has 0 aliphatic rings. The SMILES string of the molecule is CN(C)C(=S)S.[As]. The summed E-state index contributed by atoms with van der Waals surface area (Å²) in [6, 6.07) is 0. The van der Waals surface area contributed by atoms with Crippen LogP contribution in [0.5, 0.6) is 0 Å². The van der Waals surface area contributed by atoms with Crippen LogP contribution in [-0.2, 0) is 0 Å². The summed E-state index contributed by atoms with van der Waals surface area (Å²) >= 11 is 8.46. The molecule has 0 spiro atoms. The third-order valence-electron chi connectivity index (χ3n) is 0.383. The fourth-order valence-corrected chi connectivity index (χ4v) is 0. The summed E-state index contributed by atoms with van der Waals surface area (Å²) in [5.74, 6) is 0. The van der Waals surface area contributed by atoms with E-state index in [2.05, 4.69) is 24.8 Å². The molecule has 0 fully saturated rings. The second kappa shape index (κ2) is 4.95. The van der Waals surface area contributed by atoms with E-state index in [0.717, 1.165) is 0 Å². The molecule has 0 bridgehead atoms. The van der Waals surface area contributed by atoms with E-state index in [1.54, 1.807) is 4.90 Å². The normalized spacial score (nSPS) is 6.71. The van der Waals surface area contributed by atoms with Gasteiger partial charge >= 0.3 is 0 Å². The minimum atomic E-state index is 0. The van der Waals surface area contributed by atoms with Crippen molar-refractivity contribution in [3.05, 3.63) is 0 Å². The van der Waals surface area contributed by atoms with Crippen LogP contribution in [0.4, 0.5) is 0 Å². The van der Waals surface area contributed by atoms with Crippen molar-refractivity contribution in [1.82, 2.24) is 4.90 Å². The standard InChI is InChI=1S/C3H7NS2.As/c1-4(2)3(5)6;/h1-2H3,(H,5,6);. The van der Waals surface area contributed by atoms with Crippen molar-refractivity contribution in [1.29, 1.82) is 0 Å². The summed E-state index contributed by atoms with van der Waals surface area (Å²) in [7, 11) is 3.71. The van der Waals surface area contributed by atoms with Crippen molar-refractivity contribution in [3.63, 3.8) is 0 Å². The Labute approximate surface area is 66.2 Å². The van der Waals surface area contributed by atoms with Gasteiger partial charge in [-0.05, 0) is 0 Å². The summed E-state index contributed by atoms with van der Waals surface area (Å²) in [6.07, 6.45) is 0. The van der Waals surface area contributed by atoms with Crippen molar-refractivity contribution >= 4 is 47.1 Å². The van der Waals surface area contributed by atoms with Gasteiger partial charge in [-0.3, -0.25) is 0 Å². The number of thiol groups is 1. The Hall–Kier alpha value is 0.798. The van der Waals surface area contributed by atoms with Crippen molar-refractivity contribution in [2.75, 3.05) is 14.1 Å². The molecule has 0 aliphatic heterocycles. The molecule has 4 heteroatoms. The van der Waals surface area contributed by atoms with E-state index in [4.69, 9.17) is 0 Å². The van der Waals surface area contributed by atoms with Crippen LogP contribution in [0.2, 0.25) is 0 Å². The maximum atomic E-state index is 4.61. The first kappa shape index (κ1) is 10.7. The molecule has 0 heterocycles. The van der Waals surface area contributed by atoms with Crippen LogP contribution in [0.15, 0.2) is 0 Å². The van der Waals surface area contributed by atoms with Gasteiger partial charge in [-0.15, -0.1) is 12.6 Å². The van der Waals surface area contributed by atoms with E-state index in [1.165, 1.54) is 0 Å². The van der Waals surface area contributed by atoms with Crippen LogP contribution < -0.4 is 0 Å². The quantitative estimate of drug-likeness (QED) is 0.339. The van der Waals surface area contributed by atoms with Gasteiger partial charge in [0.25, 0.3) is 0 Å². The van der Waals surface area contributed by atoms with Crippen LogP contribution in [-0.4, -0.2) is 41.3 Å². The third-order valence-corrected chi connectivity index (χ3v) is 1.15. The first-order valence-corrected chi connectivity index (χ1v) is 2.40. The predicted octanol–water partition coefficient (Wildman–Crippen LogP) is 0.382. The topological polar surface area (TPSA) is 3.24 Å². The molecular weight excluding hydrogens is 189 g/mol. The molecular formula is C3H7AsNS2. The third kappa shape index (κ3) is 6.80. The number of hydrogen-bond donors (Lipinski definition) is 1. The average Bonchev–Trinajstić information content (AvgIpc) is 1.36. The fraction of sp³-hybridized carbons (Fsp3) is 0.667. The molecule has 0 rings (SSSR count). The second-order valence-corrected chi connectivity index (χ2v) is 2.29. The van der Waals surface area contributed by atoms with Gasteiger partial charge in [-0.2, -0.15) is 0 Å². The molecule has 0 unspecified atom stereocenters. The summed E-state index contributed by atoms with van der Waals surface area (Å²) in [5.41, 5.74) is 0. The van der Waals surface area contributed by atoms with E-state index in [0.29, 0.717) is 4.32 Å². The van der Waals surface area contributed by atoms with Gasteiger partial charge in [0.1, 0.15) is 4.32 Å². The molecule has 0 aromatic carbocycles. The van der Waals surface area contributed by atoms with Crippen LogP contribution in [0.25, 0.3) is 0 Å². The smallest absolute Gasteiger partial charge is 0.132 e. The molecule has 7 heavy (non-hydrogen) atoms. The fourth-order valence-electron chi connectivity index (χ4n) is 0. The van der Waals surface area contributed by atoms with Crippen LogP contribution >= 0.6 is 24.8 Å². The summed E-state index contributed by atoms with van der Waals surface area (Å²) in [5, 5.41) is 0. The molecule has 1 nitrogen and oxygen atoms in total. The maximum absolute atomic E-state index is 4.61. The molecule has 0 aromatic heterocycles. The average molecular weight is 196 g/mol. The van der Waals surface area contributed by atoms with Crippen LogP contribution in [0.3, 0.4) is 0 Å². The van der Waals surface area contributed by atoms with Gasteiger partial charge in [0, 0.05) is 32.0 Å². The second-order valence-electron chi connectivity index (χ2n) is 1.18. The van der Waals surface area contributed by atoms with Gasteiger partial charge in [0.15, 0.2) is 0 Å². The molecule has 0 saturated heterocycles. The Balaban J connectivity index is 0. The van der Waals surface area contributed by atoms with Gasteiger partial charge in [0.05, 0.1) is 0 Å². The maximum Gasteiger partial charge on any atom is 0.132 e. The molecule has 0 amide bonds. The molecule has 0 aliphatic carbocycles. The van der Waals surface area contributed by atoms with Crippen molar-refractivity contribution in [2.24, 2.45) is 0 Å². The zero-order valence-corrected chi connectivity index (χ0v) is 7.84. The minimum Gasteiger partial charge on any atom is -0.364 e. The molecule has 0 N–H and O–H groups in total. The van der Waals surface area contributed by atoms with E-state index >= 15 is 0 Å². The molecule has 0 aromatic rings. The van der Waals surface area contributed by atoms with Gasteiger partial charge in [-0.25, -0.2) is 0 Å². The largest absolute Gasteiger partial charge is 0.364 e. The summed E-state index contributed by atoms with van der Waals surface area (Å²) in [6.45, 7) is 0. The number of rotatable bonds is 0. The Morgan fingerprint density at radius 1 is 1.57 bits per heavy atom. The van der Waals surface area contributed by atoms with Crippen LogP contribution in [0, 0.1) is 0 Å². The zero-order chi connectivity index (χ0) is 5.15. The molecule has 0 atom stereocenters. The molecule has 41 valence electrons. The summed E-state index contributed by atoms with van der Waals surface area (Å²) < 4.78 is 0.620. The van der Waals surface area contributed by atoms with Crippen LogP contribution in [0.1, 0.15) is 0 Å². The van der Waals surface area contributed by atoms with E-state index in [-0.39, 0.29) is 18.0 Å². The zero-order valence-electron chi connectivity index (χ0n) is 4.25. The Morgan fingerprint density at radius 3 is 1.71 bits per heavy atom. The number of nitrogens with zero attached hydrogens (tertiary/aromatic N) is 1. The Bertz CT molecular complexity index is 64.0. The van der Waals surface area contributed by atoms with E-state index < -0.39 is 0 Å². The first-order chi connectivity index (χ1) is 2.64. The van der Waals surface area contributed by atoms with Gasteiger partial charge in [-0.1, -0.05) is 12.2 Å².